The fourth-order valence-electron chi connectivity index (χ4n) is 3.65. The molecular weight excluding hydrogens is 366 g/mol. The summed E-state index contributed by atoms with van der Waals surface area (Å²) >= 11 is 0. The number of nitrogens with zero attached hydrogens (tertiary/aromatic N) is 1. The molecular formula is C28H33NO. The van der Waals surface area contributed by atoms with Crippen LogP contribution in [0.15, 0.2) is 78.9 Å². The smallest absolute Gasteiger partial charge is 0.119 e. The molecule has 0 amide bonds. The van der Waals surface area contributed by atoms with Crippen molar-refractivity contribution in [1.82, 2.24) is 4.90 Å². The summed E-state index contributed by atoms with van der Waals surface area (Å²) in [5.41, 5.74) is 7.79. The van der Waals surface area contributed by atoms with Crippen molar-refractivity contribution in [2.24, 2.45) is 0 Å². The molecule has 0 unspecified atom stereocenters. The highest BCUT2D eigenvalue weighted by molar-refractivity contribution is 5.98. The number of likely N-dealkylation sites (N-methyl/N-ethyl adjacent to an activating group) is 1. The minimum atomic E-state index is 0.692. The molecule has 0 bridgehead atoms. The molecule has 0 spiro atoms. The molecule has 0 saturated carbocycles. The monoisotopic (exact) mass is 399 g/mol. The number of benzene rings is 3. The fourth-order valence-corrected chi connectivity index (χ4v) is 3.65. The highest BCUT2D eigenvalue weighted by Gasteiger charge is 2.13. The van der Waals surface area contributed by atoms with Crippen molar-refractivity contribution in [3.05, 3.63) is 101 Å². The lowest BCUT2D eigenvalue weighted by Crippen LogP contribution is -2.19. The Morgan fingerprint density at radius 1 is 0.733 bits per heavy atom. The van der Waals surface area contributed by atoms with Crippen LogP contribution in [0.2, 0.25) is 0 Å². The zero-order valence-electron chi connectivity index (χ0n) is 18.7. The molecule has 0 fully saturated rings. The Labute approximate surface area is 181 Å². The molecule has 0 heterocycles. The molecule has 3 rings (SSSR count). The molecule has 2 heteroatoms. The lowest BCUT2D eigenvalue weighted by molar-refractivity contribution is 0.261. The summed E-state index contributed by atoms with van der Waals surface area (Å²) in [6.07, 6.45) is 2.03. The highest BCUT2D eigenvalue weighted by atomic mass is 16.5. The molecule has 0 saturated heterocycles. The molecule has 0 aromatic heterocycles. The summed E-state index contributed by atoms with van der Waals surface area (Å²) in [5.74, 6) is 0.915. The zero-order valence-corrected chi connectivity index (χ0v) is 18.7. The van der Waals surface area contributed by atoms with Crippen LogP contribution >= 0.6 is 0 Å². The van der Waals surface area contributed by atoms with Gasteiger partial charge in [-0.05, 0) is 72.5 Å². The van der Waals surface area contributed by atoms with Crippen LogP contribution in [0.25, 0.3) is 11.1 Å². The third kappa shape index (κ3) is 5.61. The fraction of sp³-hybridized carbons (Fsp3) is 0.286. The average molecular weight is 400 g/mol. The number of ether oxygens (including phenoxy) is 1. The van der Waals surface area contributed by atoms with Gasteiger partial charge in [0.2, 0.25) is 0 Å². The average Bonchev–Trinajstić information content (AvgIpc) is 2.78. The van der Waals surface area contributed by atoms with Gasteiger partial charge in [0.05, 0.1) is 0 Å². The molecule has 3 aromatic rings. The van der Waals surface area contributed by atoms with Gasteiger partial charge in [-0.15, -0.1) is 0 Å². The van der Waals surface area contributed by atoms with Crippen molar-refractivity contribution < 1.29 is 4.74 Å². The van der Waals surface area contributed by atoms with Crippen molar-refractivity contribution in [2.45, 2.75) is 26.7 Å². The second kappa shape index (κ2) is 10.8. The third-order valence-corrected chi connectivity index (χ3v) is 5.38. The molecule has 0 aliphatic rings. The van der Waals surface area contributed by atoms with Gasteiger partial charge >= 0.3 is 0 Å². The van der Waals surface area contributed by atoms with Gasteiger partial charge in [-0.3, -0.25) is 0 Å². The van der Waals surface area contributed by atoms with Crippen LogP contribution in [0.3, 0.4) is 0 Å². The first-order valence-electron chi connectivity index (χ1n) is 10.9. The second-order valence-corrected chi connectivity index (χ2v) is 7.80. The second-order valence-electron chi connectivity index (χ2n) is 7.80. The van der Waals surface area contributed by atoms with E-state index in [-0.39, 0.29) is 0 Å². The van der Waals surface area contributed by atoms with Gasteiger partial charge in [-0.1, -0.05) is 80.6 Å². The molecule has 156 valence electrons. The molecule has 0 atom stereocenters. The van der Waals surface area contributed by atoms with E-state index < -0.39 is 0 Å². The molecule has 0 N–H and O–H groups in total. The van der Waals surface area contributed by atoms with Crippen molar-refractivity contribution in [3.8, 4) is 5.75 Å². The van der Waals surface area contributed by atoms with E-state index in [2.05, 4.69) is 112 Å². The quantitative estimate of drug-likeness (QED) is 0.378. The standard InChI is InChI=1S/C28H33NO/c1-5-22-12-14-23(15-13-22)27(6-2)28(24-10-8-7-9-11-24)25-16-18-26(19-17-25)30-21-20-29(3)4/h7-19H,5-6,20-21H2,1-4H3. The maximum atomic E-state index is 5.90. The predicted octanol–water partition coefficient (Wildman–Crippen LogP) is 6.56. The first-order chi connectivity index (χ1) is 14.6. The van der Waals surface area contributed by atoms with E-state index in [1.165, 1.54) is 33.4 Å². The van der Waals surface area contributed by atoms with E-state index in [0.717, 1.165) is 25.1 Å². The first-order valence-corrected chi connectivity index (χ1v) is 10.9. The van der Waals surface area contributed by atoms with Crippen molar-refractivity contribution >= 4 is 11.1 Å². The Hall–Kier alpha value is -2.84. The van der Waals surface area contributed by atoms with Gasteiger partial charge in [-0.25, -0.2) is 0 Å². The number of aryl methyl sites for hydroxylation is 1. The number of hydrogen-bond donors (Lipinski definition) is 0. The van der Waals surface area contributed by atoms with Gasteiger partial charge < -0.3 is 9.64 Å². The molecule has 0 radical (unpaired) electrons. The Kier molecular flexibility index (Phi) is 7.87. The van der Waals surface area contributed by atoms with Crippen molar-refractivity contribution in [3.63, 3.8) is 0 Å². The maximum absolute atomic E-state index is 5.90. The van der Waals surface area contributed by atoms with Crippen LogP contribution in [0.4, 0.5) is 0 Å². The Balaban J connectivity index is 2.01. The van der Waals surface area contributed by atoms with E-state index in [9.17, 15) is 0 Å². The van der Waals surface area contributed by atoms with Crippen LogP contribution in [0.1, 0.15) is 42.5 Å². The van der Waals surface area contributed by atoms with Crippen LogP contribution in [0.5, 0.6) is 5.75 Å². The Bertz CT molecular complexity index is 938. The van der Waals surface area contributed by atoms with E-state index >= 15 is 0 Å². The number of rotatable bonds is 9. The van der Waals surface area contributed by atoms with Gasteiger partial charge in [0.25, 0.3) is 0 Å². The summed E-state index contributed by atoms with van der Waals surface area (Å²) < 4.78 is 5.90. The molecule has 30 heavy (non-hydrogen) atoms. The van der Waals surface area contributed by atoms with Crippen LogP contribution in [-0.4, -0.2) is 32.1 Å². The summed E-state index contributed by atoms with van der Waals surface area (Å²) in [6, 6.07) is 28.3. The van der Waals surface area contributed by atoms with Gasteiger partial charge in [0.1, 0.15) is 12.4 Å². The third-order valence-electron chi connectivity index (χ3n) is 5.38. The van der Waals surface area contributed by atoms with Crippen LogP contribution in [-0.2, 0) is 6.42 Å². The number of hydrogen-bond acceptors (Lipinski definition) is 2. The van der Waals surface area contributed by atoms with Crippen LogP contribution in [0, 0.1) is 0 Å². The first kappa shape index (κ1) is 21.9. The van der Waals surface area contributed by atoms with E-state index in [4.69, 9.17) is 4.74 Å². The van der Waals surface area contributed by atoms with Crippen molar-refractivity contribution in [1.29, 1.82) is 0 Å². The van der Waals surface area contributed by atoms with Crippen molar-refractivity contribution in [2.75, 3.05) is 27.2 Å². The lowest BCUT2D eigenvalue weighted by atomic mass is 9.88. The summed E-state index contributed by atoms with van der Waals surface area (Å²) in [6.45, 7) is 6.04. The minimum Gasteiger partial charge on any atom is -0.492 e. The zero-order chi connectivity index (χ0) is 21.3. The Morgan fingerprint density at radius 3 is 1.90 bits per heavy atom. The summed E-state index contributed by atoms with van der Waals surface area (Å²) in [5, 5.41) is 0. The topological polar surface area (TPSA) is 12.5 Å². The molecule has 2 nitrogen and oxygen atoms in total. The van der Waals surface area contributed by atoms with Gasteiger partial charge in [0, 0.05) is 6.54 Å². The summed E-state index contributed by atoms with van der Waals surface area (Å²) in [4.78, 5) is 2.13. The summed E-state index contributed by atoms with van der Waals surface area (Å²) in [7, 11) is 4.12. The Morgan fingerprint density at radius 2 is 1.33 bits per heavy atom. The van der Waals surface area contributed by atoms with Gasteiger partial charge in [0.15, 0.2) is 0 Å². The maximum Gasteiger partial charge on any atom is 0.119 e. The highest BCUT2D eigenvalue weighted by Crippen LogP contribution is 2.35. The SMILES string of the molecule is CCC(=C(c1ccccc1)c1ccc(OCCN(C)C)cc1)c1ccc(CC)cc1. The molecule has 0 aliphatic heterocycles. The molecule has 0 aliphatic carbocycles. The van der Waals surface area contributed by atoms with E-state index in [0.29, 0.717) is 6.61 Å². The van der Waals surface area contributed by atoms with E-state index in [1.54, 1.807) is 0 Å². The molecule has 3 aromatic carbocycles. The van der Waals surface area contributed by atoms with Crippen LogP contribution < -0.4 is 4.74 Å². The largest absolute Gasteiger partial charge is 0.492 e. The van der Waals surface area contributed by atoms with E-state index in [1.807, 2.05) is 0 Å². The minimum absolute atomic E-state index is 0.692. The number of allylic oxidation sites excluding steroid dienone is 1. The lowest BCUT2D eigenvalue weighted by Gasteiger charge is -2.17. The predicted molar refractivity (Wildman–Crippen MR) is 129 cm³/mol. The normalized spacial score (nSPS) is 12.0. The van der Waals surface area contributed by atoms with Gasteiger partial charge in [-0.2, -0.15) is 0 Å².